The molecule has 0 aliphatic carbocycles. The van der Waals surface area contributed by atoms with Gasteiger partial charge in [-0.25, -0.2) is 9.37 Å². The van der Waals surface area contributed by atoms with Gasteiger partial charge in [-0.15, -0.1) is 11.3 Å². The van der Waals surface area contributed by atoms with Crippen molar-refractivity contribution >= 4 is 35.2 Å². The number of fused-ring (bicyclic) bond motifs is 1. The highest BCUT2D eigenvalue weighted by Gasteiger charge is 2.18. The molecule has 0 amide bonds. The third kappa shape index (κ3) is 4.87. The zero-order valence-electron chi connectivity index (χ0n) is 17.9. The van der Waals surface area contributed by atoms with E-state index in [4.69, 9.17) is 17.5 Å². The van der Waals surface area contributed by atoms with Crippen LogP contribution in [0.2, 0.25) is 0 Å². The summed E-state index contributed by atoms with van der Waals surface area (Å²) in [5.74, 6) is 0.202. The lowest BCUT2D eigenvalue weighted by Crippen LogP contribution is -2.25. The van der Waals surface area contributed by atoms with Gasteiger partial charge in [0.1, 0.15) is 11.6 Å². The minimum atomic E-state index is -0.820. The predicted octanol–water partition coefficient (Wildman–Crippen LogP) is 4.07. The number of thiophene rings is 1. The molecule has 2 radical (unpaired) electrons. The van der Waals surface area contributed by atoms with Crippen LogP contribution in [0.1, 0.15) is 5.69 Å². The Balaban J connectivity index is 1.62. The molecule has 0 bridgehead atoms. The first-order chi connectivity index (χ1) is 15.9. The second kappa shape index (κ2) is 9.65. The zero-order valence-corrected chi connectivity index (χ0v) is 18.7. The van der Waals surface area contributed by atoms with E-state index in [9.17, 15) is 14.5 Å². The number of benzene rings is 1. The number of methoxy groups -OCH3 is 1. The Kier molecular flexibility index (Phi) is 6.68. The van der Waals surface area contributed by atoms with Crippen LogP contribution in [0.4, 0.5) is 10.1 Å². The monoisotopic (exact) mass is 467 g/mol. The number of nitro benzene ring substituents is 1. The molecule has 33 heavy (non-hydrogen) atoms. The second-order valence-corrected chi connectivity index (χ2v) is 8.26. The van der Waals surface area contributed by atoms with E-state index >= 15 is 0 Å². The van der Waals surface area contributed by atoms with E-state index in [-0.39, 0.29) is 11.4 Å². The van der Waals surface area contributed by atoms with Gasteiger partial charge in [-0.2, -0.15) is 0 Å². The summed E-state index contributed by atoms with van der Waals surface area (Å²) in [5, 5.41) is 10.8. The van der Waals surface area contributed by atoms with E-state index in [2.05, 4.69) is 9.97 Å². The molecule has 0 saturated heterocycles. The Labute approximate surface area is 194 Å². The first kappa shape index (κ1) is 22.8. The van der Waals surface area contributed by atoms with Gasteiger partial charge in [0.25, 0.3) is 5.69 Å². The van der Waals surface area contributed by atoms with Crippen molar-refractivity contribution in [3.8, 4) is 22.2 Å². The molecule has 0 spiro atoms. The number of hydrogen-bond acceptors (Lipinski definition) is 8. The van der Waals surface area contributed by atoms with Crippen LogP contribution < -0.4 is 4.74 Å². The number of nitrogens with zero attached hydrogens (tertiary/aromatic N) is 5. The quantitative estimate of drug-likeness (QED) is 0.208. The summed E-state index contributed by atoms with van der Waals surface area (Å²) in [6.45, 7) is 1.62. The third-order valence-electron chi connectivity index (χ3n) is 4.97. The molecule has 0 N–H and O–H groups in total. The highest BCUT2D eigenvalue weighted by Crippen LogP contribution is 2.39. The van der Waals surface area contributed by atoms with Gasteiger partial charge in [0.15, 0.2) is 19.5 Å². The van der Waals surface area contributed by atoms with Crippen LogP contribution >= 0.6 is 11.3 Å². The summed E-state index contributed by atoms with van der Waals surface area (Å²) >= 11 is 1.40. The average Bonchev–Trinajstić information content (AvgIpc) is 3.37. The first-order valence-corrected chi connectivity index (χ1v) is 10.7. The molecule has 4 aromatic rings. The molecule has 0 fully saturated rings. The van der Waals surface area contributed by atoms with Crippen molar-refractivity contribution in [2.45, 2.75) is 6.54 Å². The summed E-state index contributed by atoms with van der Waals surface area (Å²) in [7, 11) is 9.55. The molecule has 4 rings (SSSR count). The lowest BCUT2D eigenvalue weighted by atomic mass is 10.2. The maximum absolute atomic E-state index is 14.3. The molecule has 1 aromatic carbocycles. The number of pyridine rings is 1. The van der Waals surface area contributed by atoms with Gasteiger partial charge >= 0.3 is 0 Å². The number of ether oxygens (including phenoxy) is 2. The van der Waals surface area contributed by atoms with E-state index in [0.29, 0.717) is 35.7 Å². The maximum atomic E-state index is 14.3. The summed E-state index contributed by atoms with van der Waals surface area (Å²) in [4.78, 5) is 21.6. The SMILES string of the molecule is [B]N(CCOC)Cc1cnc(-c2cc3nccc(Oc4ccc([N+](=O)[O-])cc4F)c3s2)n1C. The topological polar surface area (TPSA) is 95.6 Å². The lowest BCUT2D eigenvalue weighted by Gasteiger charge is -2.16. The van der Waals surface area contributed by atoms with Crippen LogP contribution in [0.15, 0.2) is 42.7 Å². The van der Waals surface area contributed by atoms with Crippen LogP contribution in [0, 0.1) is 15.9 Å². The molecule has 0 unspecified atom stereocenters. The smallest absolute Gasteiger partial charge is 0.272 e. The third-order valence-corrected chi connectivity index (χ3v) is 6.11. The minimum Gasteiger partial charge on any atom is -0.453 e. The molecule has 12 heteroatoms. The van der Waals surface area contributed by atoms with Crippen molar-refractivity contribution in [3.63, 3.8) is 0 Å². The molecular formula is C21H19BFN5O4S. The summed E-state index contributed by atoms with van der Waals surface area (Å²) in [6.07, 6.45) is 3.33. The van der Waals surface area contributed by atoms with Crippen molar-refractivity contribution in [2.24, 2.45) is 7.05 Å². The van der Waals surface area contributed by atoms with Gasteiger partial charge in [-0.1, -0.05) is 0 Å². The largest absolute Gasteiger partial charge is 0.453 e. The van der Waals surface area contributed by atoms with E-state index in [1.807, 2.05) is 17.7 Å². The Hall–Kier alpha value is -3.35. The van der Waals surface area contributed by atoms with Gasteiger partial charge in [0, 0.05) is 45.6 Å². The average molecular weight is 467 g/mol. The molecule has 0 atom stereocenters. The first-order valence-electron chi connectivity index (χ1n) is 9.87. The highest BCUT2D eigenvalue weighted by atomic mass is 32.1. The fraction of sp³-hybridized carbons (Fsp3) is 0.238. The molecule has 3 aromatic heterocycles. The van der Waals surface area contributed by atoms with Gasteiger partial charge in [0.05, 0.1) is 44.6 Å². The van der Waals surface area contributed by atoms with Crippen molar-refractivity contribution in [1.29, 1.82) is 0 Å². The lowest BCUT2D eigenvalue weighted by molar-refractivity contribution is -0.385. The van der Waals surface area contributed by atoms with Crippen molar-refractivity contribution in [3.05, 3.63) is 64.4 Å². The summed E-state index contributed by atoms with van der Waals surface area (Å²) in [5.41, 5.74) is 1.25. The van der Waals surface area contributed by atoms with Gasteiger partial charge in [-0.3, -0.25) is 15.1 Å². The van der Waals surface area contributed by atoms with Crippen LogP contribution in [-0.2, 0) is 18.3 Å². The van der Waals surface area contributed by atoms with Gasteiger partial charge < -0.3 is 18.9 Å². The van der Waals surface area contributed by atoms with E-state index in [1.165, 1.54) is 23.5 Å². The number of hydrogen-bond donors (Lipinski definition) is 0. The fourth-order valence-corrected chi connectivity index (χ4v) is 4.32. The number of aromatic nitrogens is 3. The van der Waals surface area contributed by atoms with E-state index in [0.717, 1.165) is 22.5 Å². The fourth-order valence-electron chi connectivity index (χ4n) is 3.23. The van der Waals surface area contributed by atoms with Crippen molar-refractivity contribution < 1.29 is 18.8 Å². The molecule has 9 nitrogen and oxygen atoms in total. The van der Waals surface area contributed by atoms with Crippen LogP contribution in [0.25, 0.3) is 20.9 Å². The number of imidazole rings is 1. The minimum absolute atomic E-state index is 0.110. The second-order valence-electron chi connectivity index (χ2n) is 7.20. The number of nitro groups is 1. The number of halogens is 1. The Bertz CT molecular complexity index is 1310. The molecular weight excluding hydrogens is 448 g/mol. The molecule has 168 valence electrons. The van der Waals surface area contributed by atoms with Crippen LogP contribution in [-0.4, -0.2) is 52.5 Å². The predicted molar refractivity (Wildman–Crippen MR) is 123 cm³/mol. The van der Waals surface area contributed by atoms with Gasteiger partial charge in [0.2, 0.25) is 0 Å². The van der Waals surface area contributed by atoms with Gasteiger partial charge in [-0.05, 0) is 12.1 Å². The van der Waals surface area contributed by atoms with E-state index < -0.39 is 10.7 Å². The number of rotatable bonds is 9. The number of non-ortho nitro benzene ring substituents is 1. The zero-order chi connectivity index (χ0) is 23.5. The van der Waals surface area contributed by atoms with E-state index in [1.54, 1.807) is 30.4 Å². The Morgan fingerprint density at radius 2 is 2.09 bits per heavy atom. The Morgan fingerprint density at radius 1 is 1.27 bits per heavy atom. The summed E-state index contributed by atoms with van der Waals surface area (Å²) < 4.78 is 27.8. The normalized spacial score (nSPS) is 11.4. The highest BCUT2D eigenvalue weighted by molar-refractivity contribution is 7.22. The molecule has 0 aliphatic rings. The van der Waals surface area contributed by atoms with Crippen molar-refractivity contribution in [2.75, 3.05) is 20.3 Å². The maximum Gasteiger partial charge on any atom is 0.272 e. The molecule has 0 aliphatic heterocycles. The van der Waals surface area contributed by atoms with Crippen LogP contribution in [0.5, 0.6) is 11.5 Å². The summed E-state index contributed by atoms with van der Waals surface area (Å²) in [6, 6.07) is 6.77. The van der Waals surface area contributed by atoms with Crippen LogP contribution in [0.3, 0.4) is 0 Å². The van der Waals surface area contributed by atoms with Crippen molar-refractivity contribution in [1.82, 2.24) is 19.3 Å². The standard InChI is InChI=1S/C21H19BFN5O4S/c1-26-14(12-27(22)7-8-31-2)11-25-21(26)19-10-16-20(33-19)18(5-6-24-16)32-17-4-3-13(28(29)30)9-15(17)23/h3-6,9-11H,7-8,12H2,1-2H3. The molecule has 3 heterocycles. The Morgan fingerprint density at radius 3 is 2.82 bits per heavy atom. The molecule has 0 saturated carbocycles.